The van der Waals surface area contributed by atoms with Gasteiger partial charge in [0.25, 0.3) is 0 Å². The molecule has 0 fully saturated rings. The van der Waals surface area contributed by atoms with Gasteiger partial charge in [-0.3, -0.25) is 0 Å². The number of aromatic carboxylic acids is 1. The van der Waals surface area contributed by atoms with E-state index in [1.165, 1.54) is 22.4 Å². The van der Waals surface area contributed by atoms with Gasteiger partial charge in [0.1, 0.15) is 17.7 Å². The molecule has 0 amide bonds. The third kappa shape index (κ3) is 4.45. The Morgan fingerprint density at radius 2 is 1.82 bits per heavy atom. The van der Waals surface area contributed by atoms with Crippen molar-refractivity contribution in [3.63, 3.8) is 0 Å². The van der Waals surface area contributed by atoms with Crippen LogP contribution in [0.4, 0.5) is 11.5 Å². The molecule has 2 N–H and O–H groups in total. The zero-order valence-electron chi connectivity index (χ0n) is 19.0. The molecule has 2 unspecified atom stereocenters. The minimum absolute atomic E-state index is 0.0311. The Hall–Kier alpha value is -3.90. The van der Waals surface area contributed by atoms with Gasteiger partial charge in [-0.1, -0.05) is 60.7 Å². The van der Waals surface area contributed by atoms with Crippen LogP contribution in [0.15, 0.2) is 84.9 Å². The zero-order valence-corrected chi connectivity index (χ0v) is 19.0. The molecule has 1 aromatic heterocycles. The van der Waals surface area contributed by atoms with Gasteiger partial charge in [0, 0.05) is 6.04 Å². The van der Waals surface area contributed by atoms with E-state index in [1.54, 1.807) is 6.07 Å². The Bertz CT molecular complexity index is 1320. The summed E-state index contributed by atoms with van der Waals surface area (Å²) >= 11 is 0. The molecule has 3 aromatic carbocycles. The van der Waals surface area contributed by atoms with Crippen LogP contribution in [0.3, 0.4) is 0 Å². The first-order valence-corrected chi connectivity index (χ1v) is 11.5. The number of carboxylic acid groups (broad SMARTS) is 1. The molecular weight excluding hydrogens is 426 g/mol. The van der Waals surface area contributed by atoms with E-state index in [1.807, 2.05) is 35.2 Å². The summed E-state index contributed by atoms with van der Waals surface area (Å²) in [6.07, 6.45) is 0.746. The number of anilines is 2. The van der Waals surface area contributed by atoms with Crippen molar-refractivity contribution < 1.29 is 14.6 Å². The van der Waals surface area contributed by atoms with E-state index in [-0.39, 0.29) is 17.8 Å². The Morgan fingerprint density at radius 3 is 2.71 bits per heavy atom. The lowest BCUT2D eigenvalue weighted by Gasteiger charge is -2.36. The minimum atomic E-state index is -1.04. The van der Waals surface area contributed by atoms with E-state index in [9.17, 15) is 9.90 Å². The van der Waals surface area contributed by atoms with Crippen molar-refractivity contribution in [2.75, 3.05) is 18.0 Å². The molecular formula is C28H27N3O3. The highest BCUT2D eigenvalue weighted by atomic mass is 16.5. The van der Waals surface area contributed by atoms with E-state index < -0.39 is 5.97 Å². The fraction of sp³-hybridized carbons (Fsp3) is 0.214. The lowest BCUT2D eigenvalue weighted by molar-refractivity contribution is 0.0690. The van der Waals surface area contributed by atoms with Crippen molar-refractivity contribution in [3.8, 4) is 5.75 Å². The van der Waals surface area contributed by atoms with Gasteiger partial charge in [-0.25, -0.2) is 9.78 Å². The topological polar surface area (TPSA) is 74.7 Å². The summed E-state index contributed by atoms with van der Waals surface area (Å²) in [4.78, 5) is 17.8. The number of carboxylic acids is 1. The molecule has 2 heterocycles. The number of para-hydroxylation sites is 2. The van der Waals surface area contributed by atoms with Crippen LogP contribution in [-0.4, -0.2) is 35.3 Å². The highest BCUT2D eigenvalue weighted by molar-refractivity contribution is 5.86. The number of rotatable bonds is 7. The Balaban J connectivity index is 1.30. The van der Waals surface area contributed by atoms with Crippen molar-refractivity contribution >= 4 is 28.2 Å². The molecule has 0 radical (unpaired) electrons. The maximum Gasteiger partial charge on any atom is 0.354 e. The Labute approximate surface area is 198 Å². The van der Waals surface area contributed by atoms with Crippen LogP contribution < -0.4 is 15.0 Å². The first-order valence-electron chi connectivity index (χ1n) is 11.5. The molecule has 0 bridgehead atoms. The molecule has 0 saturated carbocycles. The normalized spacial score (nSPS) is 16.0. The Morgan fingerprint density at radius 1 is 1.06 bits per heavy atom. The van der Waals surface area contributed by atoms with E-state index >= 15 is 0 Å². The molecule has 34 heavy (non-hydrogen) atoms. The fourth-order valence-electron chi connectivity index (χ4n) is 4.56. The first-order chi connectivity index (χ1) is 16.6. The highest BCUT2D eigenvalue weighted by Crippen LogP contribution is 2.37. The number of hydrogen-bond donors (Lipinski definition) is 2. The van der Waals surface area contributed by atoms with E-state index in [0.717, 1.165) is 24.4 Å². The second kappa shape index (κ2) is 9.53. The van der Waals surface area contributed by atoms with Crippen molar-refractivity contribution in [3.05, 3.63) is 96.2 Å². The van der Waals surface area contributed by atoms with Gasteiger partial charge in [-0.15, -0.1) is 0 Å². The van der Waals surface area contributed by atoms with Gasteiger partial charge in [-0.2, -0.15) is 0 Å². The van der Waals surface area contributed by atoms with Crippen LogP contribution in [0.2, 0.25) is 0 Å². The lowest BCUT2D eigenvalue weighted by Crippen LogP contribution is -2.39. The number of pyridine rings is 1. The van der Waals surface area contributed by atoms with Gasteiger partial charge >= 0.3 is 5.97 Å². The lowest BCUT2D eigenvalue weighted by atomic mass is 9.99. The predicted molar refractivity (Wildman–Crippen MR) is 134 cm³/mol. The van der Waals surface area contributed by atoms with Gasteiger partial charge in [0.15, 0.2) is 5.69 Å². The number of aromatic nitrogens is 1. The second-order valence-corrected chi connectivity index (χ2v) is 8.54. The maximum absolute atomic E-state index is 11.4. The van der Waals surface area contributed by atoms with Crippen molar-refractivity contribution in [1.82, 2.24) is 10.3 Å². The number of carbonyl (C=O) groups is 1. The van der Waals surface area contributed by atoms with Crippen LogP contribution >= 0.6 is 0 Å². The van der Waals surface area contributed by atoms with E-state index in [4.69, 9.17) is 4.74 Å². The van der Waals surface area contributed by atoms with Crippen molar-refractivity contribution in [2.45, 2.75) is 25.5 Å². The van der Waals surface area contributed by atoms with Gasteiger partial charge < -0.3 is 20.1 Å². The summed E-state index contributed by atoms with van der Waals surface area (Å²) in [5.41, 5.74) is 2.21. The standard InChI is InChI=1S/C28H27N3O3/c1-19(22-11-6-9-20-8-2-3-10-23(20)22)29-17-16-21-18-31(25-13-4-5-14-26(25)34-21)27-15-7-12-24(30-27)28(32)33/h2-15,19,21,29H,16-18H2,1H3,(H,32,33). The summed E-state index contributed by atoms with van der Waals surface area (Å²) in [6, 6.07) is 28.0. The van der Waals surface area contributed by atoms with Crippen molar-refractivity contribution in [1.29, 1.82) is 0 Å². The molecule has 5 rings (SSSR count). The first kappa shape index (κ1) is 21.9. The zero-order chi connectivity index (χ0) is 23.5. The number of fused-ring (bicyclic) bond motifs is 2. The minimum Gasteiger partial charge on any atom is -0.486 e. The number of benzene rings is 3. The van der Waals surface area contributed by atoms with Gasteiger partial charge in [-0.05, 0) is 60.5 Å². The molecule has 0 saturated heterocycles. The second-order valence-electron chi connectivity index (χ2n) is 8.54. The monoisotopic (exact) mass is 453 g/mol. The van der Waals surface area contributed by atoms with Crippen LogP contribution in [-0.2, 0) is 0 Å². The summed E-state index contributed by atoms with van der Waals surface area (Å²) in [5, 5.41) is 15.5. The molecule has 2 atom stereocenters. The summed E-state index contributed by atoms with van der Waals surface area (Å²) in [5.74, 6) is 0.354. The fourth-order valence-corrected chi connectivity index (χ4v) is 4.56. The number of ether oxygens (including phenoxy) is 1. The number of hydrogen-bond acceptors (Lipinski definition) is 5. The molecule has 0 aliphatic carbocycles. The van der Waals surface area contributed by atoms with E-state index in [2.05, 4.69) is 59.7 Å². The molecule has 6 heteroatoms. The van der Waals surface area contributed by atoms with Crippen LogP contribution in [0.1, 0.15) is 35.4 Å². The van der Waals surface area contributed by atoms with Crippen molar-refractivity contribution in [2.24, 2.45) is 0 Å². The SMILES string of the molecule is CC(NCCC1CN(c2cccc(C(=O)O)n2)c2ccccc2O1)c1cccc2ccccc12. The van der Waals surface area contributed by atoms with Gasteiger partial charge in [0.05, 0.1) is 12.2 Å². The molecule has 1 aliphatic rings. The predicted octanol–water partition coefficient (Wildman–Crippen LogP) is 5.57. The summed E-state index contributed by atoms with van der Waals surface area (Å²) in [7, 11) is 0. The van der Waals surface area contributed by atoms with Crippen LogP contribution in [0.5, 0.6) is 5.75 Å². The van der Waals surface area contributed by atoms with Crippen LogP contribution in [0, 0.1) is 0 Å². The summed E-state index contributed by atoms with van der Waals surface area (Å²) in [6.45, 7) is 3.57. The largest absolute Gasteiger partial charge is 0.486 e. The molecule has 4 aromatic rings. The molecule has 1 aliphatic heterocycles. The molecule has 6 nitrogen and oxygen atoms in total. The number of nitrogens with one attached hydrogen (secondary N) is 1. The molecule has 172 valence electrons. The van der Waals surface area contributed by atoms with E-state index in [0.29, 0.717) is 12.4 Å². The molecule has 0 spiro atoms. The Kier molecular flexibility index (Phi) is 6.14. The maximum atomic E-state index is 11.4. The third-order valence-electron chi connectivity index (χ3n) is 6.27. The third-order valence-corrected chi connectivity index (χ3v) is 6.27. The summed E-state index contributed by atoms with van der Waals surface area (Å²) < 4.78 is 6.29. The number of nitrogens with zero attached hydrogens (tertiary/aromatic N) is 2. The van der Waals surface area contributed by atoms with Gasteiger partial charge in [0.2, 0.25) is 0 Å². The van der Waals surface area contributed by atoms with Crippen LogP contribution in [0.25, 0.3) is 10.8 Å². The highest BCUT2D eigenvalue weighted by Gasteiger charge is 2.27. The average molecular weight is 454 g/mol. The average Bonchev–Trinajstić information content (AvgIpc) is 2.88. The quantitative estimate of drug-likeness (QED) is 0.381. The smallest absolute Gasteiger partial charge is 0.354 e.